The zero-order chi connectivity index (χ0) is 12.4. The monoisotopic (exact) mass is 299 g/mol. The van der Waals surface area contributed by atoms with Gasteiger partial charge in [0.1, 0.15) is 5.39 Å². The fourth-order valence-corrected chi connectivity index (χ4v) is 2.29. The van der Waals surface area contributed by atoms with Gasteiger partial charge in [-0.15, -0.1) is 5.10 Å². The Kier molecular flexibility index (Phi) is 3.56. The second-order valence-corrected chi connectivity index (χ2v) is 4.66. The maximum Gasteiger partial charge on any atom is 0.280 e. The molecular weight excluding hydrogens is 286 g/mol. The molecule has 0 aromatic carbocycles. The average molecular weight is 300 g/mol. The van der Waals surface area contributed by atoms with Crippen LogP contribution in [-0.2, 0) is 13.6 Å². The molecule has 1 unspecified atom stereocenters. The fourth-order valence-electron chi connectivity index (χ4n) is 1.63. The van der Waals surface area contributed by atoms with Crippen molar-refractivity contribution < 1.29 is 0 Å². The predicted molar refractivity (Wildman–Crippen MR) is 68.1 cm³/mol. The standard InChI is InChI=1S/C10H14BrN5O/c1-3-7(4-11)6-16-10(17)8-5-12-15(2)9(8)13-14-16/h5,7H,3-4,6H2,1-2H3. The van der Waals surface area contributed by atoms with Crippen LogP contribution in [0.2, 0.25) is 0 Å². The first-order valence-electron chi connectivity index (χ1n) is 5.48. The van der Waals surface area contributed by atoms with E-state index in [9.17, 15) is 4.79 Å². The van der Waals surface area contributed by atoms with Crippen molar-refractivity contribution in [3.05, 3.63) is 16.6 Å². The summed E-state index contributed by atoms with van der Waals surface area (Å²) in [5, 5.41) is 13.3. The normalized spacial score (nSPS) is 13.1. The highest BCUT2D eigenvalue weighted by Gasteiger charge is 2.12. The first-order chi connectivity index (χ1) is 8.17. The molecule has 6 nitrogen and oxygen atoms in total. The average Bonchev–Trinajstić information content (AvgIpc) is 2.71. The van der Waals surface area contributed by atoms with Crippen LogP contribution in [0.5, 0.6) is 0 Å². The summed E-state index contributed by atoms with van der Waals surface area (Å²) in [5.41, 5.74) is 0.403. The van der Waals surface area contributed by atoms with Crippen LogP contribution in [-0.4, -0.2) is 30.1 Å². The van der Waals surface area contributed by atoms with Crippen molar-refractivity contribution in [3.63, 3.8) is 0 Å². The van der Waals surface area contributed by atoms with E-state index in [2.05, 4.69) is 38.3 Å². The van der Waals surface area contributed by atoms with E-state index in [0.29, 0.717) is 23.5 Å². The SMILES string of the molecule is CCC(CBr)Cn1nnc2c(cnn2C)c1=O. The molecule has 0 amide bonds. The van der Waals surface area contributed by atoms with Crippen LogP contribution in [0.1, 0.15) is 13.3 Å². The van der Waals surface area contributed by atoms with Gasteiger partial charge in [-0.05, 0) is 5.92 Å². The van der Waals surface area contributed by atoms with E-state index in [1.807, 2.05) is 0 Å². The summed E-state index contributed by atoms with van der Waals surface area (Å²) in [7, 11) is 1.74. The molecule has 0 aliphatic heterocycles. The van der Waals surface area contributed by atoms with Crippen molar-refractivity contribution in [1.29, 1.82) is 0 Å². The largest absolute Gasteiger partial charge is 0.280 e. The van der Waals surface area contributed by atoms with Crippen molar-refractivity contribution in [3.8, 4) is 0 Å². The molecule has 0 aliphatic carbocycles. The minimum atomic E-state index is -0.123. The van der Waals surface area contributed by atoms with Gasteiger partial charge in [-0.2, -0.15) is 5.10 Å². The molecule has 17 heavy (non-hydrogen) atoms. The Labute approximate surface area is 107 Å². The van der Waals surface area contributed by atoms with Gasteiger partial charge in [0.25, 0.3) is 5.56 Å². The lowest BCUT2D eigenvalue weighted by Crippen LogP contribution is -2.28. The molecule has 0 saturated carbocycles. The molecule has 2 aromatic heterocycles. The number of nitrogens with zero attached hydrogens (tertiary/aromatic N) is 5. The number of aryl methyl sites for hydroxylation is 1. The highest BCUT2D eigenvalue weighted by atomic mass is 79.9. The van der Waals surface area contributed by atoms with E-state index in [1.165, 1.54) is 10.9 Å². The Morgan fingerprint density at radius 3 is 2.94 bits per heavy atom. The van der Waals surface area contributed by atoms with Crippen LogP contribution in [0.15, 0.2) is 11.0 Å². The van der Waals surface area contributed by atoms with E-state index in [-0.39, 0.29) is 5.56 Å². The molecule has 2 heterocycles. The van der Waals surface area contributed by atoms with Crippen molar-refractivity contribution in [2.45, 2.75) is 19.9 Å². The summed E-state index contributed by atoms with van der Waals surface area (Å²) in [4.78, 5) is 12.1. The van der Waals surface area contributed by atoms with Crippen LogP contribution in [0.3, 0.4) is 0 Å². The van der Waals surface area contributed by atoms with Gasteiger partial charge in [-0.3, -0.25) is 4.79 Å². The molecule has 0 saturated heterocycles. The Hall–Kier alpha value is -1.24. The van der Waals surface area contributed by atoms with E-state index in [4.69, 9.17) is 0 Å². The van der Waals surface area contributed by atoms with Crippen molar-refractivity contribution in [2.75, 3.05) is 5.33 Å². The van der Waals surface area contributed by atoms with Gasteiger partial charge in [0, 0.05) is 12.4 Å². The summed E-state index contributed by atoms with van der Waals surface area (Å²) in [6, 6.07) is 0. The second kappa shape index (κ2) is 4.95. The number of hydrogen-bond donors (Lipinski definition) is 0. The third-order valence-electron chi connectivity index (χ3n) is 2.85. The molecule has 7 heteroatoms. The first-order valence-corrected chi connectivity index (χ1v) is 6.61. The Morgan fingerprint density at radius 1 is 1.53 bits per heavy atom. The Balaban J connectivity index is 2.43. The van der Waals surface area contributed by atoms with Gasteiger partial charge in [0.05, 0.1) is 12.7 Å². The minimum Gasteiger partial charge on any atom is -0.267 e. The third-order valence-corrected chi connectivity index (χ3v) is 3.76. The first kappa shape index (κ1) is 12.2. The molecule has 0 bridgehead atoms. The zero-order valence-electron chi connectivity index (χ0n) is 9.80. The van der Waals surface area contributed by atoms with Crippen molar-refractivity contribution >= 4 is 27.0 Å². The van der Waals surface area contributed by atoms with Crippen LogP contribution in [0.4, 0.5) is 0 Å². The molecule has 0 fully saturated rings. The molecule has 0 aliphatic rings. The molecule has 0 N–H and O–H groups in total. The number of fused-ring (bicyclic) bond motifs is 1. The van der Waals surface area contributed by atoms with E-state index in [0.717, 1.165) is 11.8 Å². The Bertz CT molecular complexity index is 572. The summed E-state index contributed by atoms with van der Waals surface area (Å²) in [6.45, 7) is 2.67. The highest BCUT2D eigenvalue weighted by molar-refractivity contribution is 9.09. The van der Waals surface area contributed by atoms with Crippen LogP contribution >= 0.6 is 15.9 Å². The number of halogens is 1. The topological polar surface area (TPSA) is 65.6 Å². The lowest BCUT2D eigenvalue weighted by atomic mass is 10.1. The Morgan fingerprint density at radius 2 is 2.29 bits per heavy atom. The summed E-state index contributed by atoms with van der Waals surface area (Å²) >= 11 is 3.43. The van der Waals surface area contributed by atoms with Gasteiger partial charge < -0.3 is 0 Å². The molecule has 2 rings (SSSR count). The maximum absolute atomic E-state index is 12.1. The fraction of sp³-hybridized carbons (Fsp3) is 0.600. The number of alkyl halides is 1. The van der Waals surface area contributed by atoms with Gasteiger partial charge in [0.15, 0.2) is 5.65 Å². The smallest absolute Gasteiger partial charge is 0.267 e. The van der Waals surface area contributed by atoms with E-state index < -0.39 is 0 Å². The van der Waals surface area contributed by atoms with Gasteiger partial charge in [-0.1, -0.05) is 34.5 Å². The zero-order valence-corrected chi connectivity index (χ0v) is 11.4. The van der Waals surface area contributed by atoms with Crippen molar-refractivity contribution in [2.24, 2.45) is 13.0 Å². The summed E-state index contributed by atoms with van der Waals surface area (Å²) in [6.07, 6.45) is 2.53. The molecule has 0 radical (unpaired) electrons. The lowest BCUT2D eigenvalue weighted by molar-refractivity contribution is 0.420. The molecule has 2 aromatic rings. The van der Waals surface area contributed by atoms with Gasteiger partial charge >= 0.3 is 0 Å². The van der Waals surface area contributed by atoms with E-state index in [1.54, 1.807) is 11.7 Å². The summed E-state index contributed by atoms with van der Waals surface area (Å²) in [5.74, 6) is 0.385. The predicted octanol–water partition coefficient (Wildman–Crippen LogP) is 0.946. The van der Waals surface area contributed by atoms with Crippen LogP contribution in [0, 0.1) is 5.92 Å². The molecule has 1 atom stereocenters. The molecular formula is C10H14BrN5O. The quantitative estimate of drug-likeness (QED) is 0.788. The molecule has 0 spiro atoms. The van der Waals surface area contributed by atoms with Crippen LogP contribution in [0.25, 0.3) is 11.0 Å². The lowest BCUT2D eigenvalue weighted by Gasteiger charge is -2.11. The molecule has 92 valence electrons. The summed E-state index contributed by atoms with van der Waals surface area (Å²) < 4.78 is 2.97. The second-order valence-electron chi connectivity index (χ2n) is 4.01. The van der Waals surface area contributed by atoms with Crippen molar-refractivity contribution in [1.82, 2.24) is 24.8 Å². The highest BCUT2D eigenvalue weighted by Crippen LogP contribution is 2.08. The third kappa shape index (κ3) is 2.24. The number of rotatable bonds is 4. The number of aromatic nitrogens is 5. The van der Waals surface area contributed by atoms with E-state index >= 15 is 0 Å². The van der Waals surface area contributed by atoms with Gasteiger partial charge in [0.2, 0.25) is 0 Å². The van der Waals surface area contributed by atoms with Gasteiger partial charge in [-0.25, -0.2) is 9.36 Å². The maximum atomic E-state index is 12.1. The van der Waals surface area contributed by atoms with Crippen LogP contribution < -0.4 is 5.56 Å². The minimum absolute atomic E-state index is 0.123. The number of hydrogen-bond acceptors (Lipinski definition) is 4.